The first-order valence-electron chi connectivity index (χ1n) is 5.56. The summed E-state index contributed by atoms with van der Waals surface area (Å²) in [5.74, 6) is 1.65. The third kappa shape index (κ3) is 2.64. The van der Waals surface area contributed by atoms with Crippen molar-refractivity contribution in [2.45, 2.75) is 34.3 Å². The van der Waals surface area contributed by atoms with Gasteiger partial charge in [-0.3, -0.25) is 4.98 Å². The number of aromatic nitrogens is 2. The van der Waals surface area contributed by atoms with Crippen LogP contribution >= 0.6 is 0 Å². The monoisotopic (exact) mass is 232 g/mol. The maximum absolute atomic E-state index is 5.74. The standard InChI is InChI=1S/C13H16N2O2/c1-8-5-13(10(3)11(4)14-8)16-7-12-6-9(2)17-15-12/h5-6H,7H2,1-4H3. The van der Waals surface area contributed by atoms with Gasteiger partial charge < -0.3 is 9.26 Å². The third-order valence-corrected chi connectivity index (χ3v) is 2.65. The second-order valence-corrected chi connectivity index (χ2v) is 4.19. The zero-order valence-electron chi connectivity index (χ0n) is 10.6. The van der Waals surface area contributed by atoms with Crippen molar-refractivity contribution in [1.82, 2.24) is 10.1 Å². The maximum Gasteiger partial charge on any atom is 0.134 e. The van der Waals surface area contributed by atoms with Crippen LogP contribution in [0.1, 0.15) is 28.4 Å². The van der Waals surface area contributed by atoms with Crippen LogP contribution in [-0.4, -0.2) is 10.1 Å². The van der Waals surface area contributed by atoms with Gasteiger partial charge in [0.25, 0.3) is 0 Å². The molecule has 0 aromatic carbocycles. The third-order valence-electron chi connectivity index (χ3n) is 2.65. The Morgan fingerprint density at radius 3 is 2.59 bits per heavy atom. The summed E-state index contributed by atoms with van der Waals surface area (Å²) in [6.07, 6.45) is 0. The molecule has 90 valence electrons. The molecule has 4 nitrogen and oxygen atoms in total. The summed E-state index contributed by atoms with van der Waals surface area (Å²) >= 11 is 0. The highest BCUT2D eigenvalue weighted by Gasteiger charge is 2.07. The lowest BCUT2D eigenvalue weighted by Crippen LogP contribution is -2.00. The molecular weight excluding hydrogens is 216 g/mol. The number of aryl methyl sites for hydroxylation is 3. The van der Waals surface area contributed by atoms with Crippen LogP contribution in [0, 0.1) is 27.7 Å². The minimum absolute atomic E-state index is 0.418. The molecule has 0 unspecified atom stereocenters. The van der Waals surface area contributed by atoms with Gasteiger partial charge >= 0.3 is 0 Å². The van der Waals surface area contributed by atoms with Crippen LogP contribution in [0.25, 0.3) is 0 Å². The van der Waals surface area contributed by atoms with Gasteiger partial charge in [-0.05, 0) is 27.7 Å². The number of hydrogen-bond acceptors (Lipinski definition) is 4. The second-order valence-electron chi connectivity index (χ2n) is 4.19. The van der Waals surface area contributed by atoms with E-state index in [-0.39, 0.29) is 0 Å². The first kappa shape index (κ1) is 11.6. The SMILES string of the molecule is Cc1cc(OCc2cc(C)on2)c(C)c(C)n1. The predicted octanol–water partition coefficient (Wildman–Crippen LogP) is 2.88. The summed E-state index contributed by atoms with van der Waals surface area (Å²) < 4.78 is 10.7. The molecule has 0 aliphatic heterocycles. The van der Waals surface area contributed by atoms with Crippen molar-refractivity contribution in [1.29, 1.82) is 0 Å². The van der Waals surface area contributed by atoms with Crippen LogP contribution in [0.3, 0.4) is 0 Å². The van der Waals surface area contributed by atoms with Gasteiger partial charge in [-0.1, -0.05) is 5.16 Å². The molecule has 0 N–H and O–H groups in total. The predicted molar refractivity (Wildman–Crippen MR) is 64.0 cm³/mol. The van der Waals surface area contributed by atoms with Crippen LogP contribution in [0.5, 0.6) is 5.75 Å². The molecule has 0 saturated carbocycles. The minimum atomic E-state index is 0.418. The van der Waals surface area contributed by atoms with Gasteiger partial charge in [-0.15, -0.1) is 0 Å². The molecule has 0 saturated heterocycles. The van der Waals surface area contributed by atoms with Crippen molar-refractivity contribution in [2.24, 2.45) is 0 Å². The fourth-order valence-corrected chi connectivity index (χ4v) is 1.64. The highest BCUT2D eigenvalue weighted by molar-refractivity contribution is 5.36. The Morgan fingerprint density at radius 1 is 1.18 bits per heavy atom. The van der Waals surface area contributed by atoms with E-state index in [2.05, 4.69) is 10.1 Å². The van der Waals surface area contributed by atoms with Crippen molar-refractivity contribution < 1.29 is 9.26 Å². The Kier molecular flexibility index (Phi) is 3.13. The highest BCUT2D eigenvalue weighted by atomic mass is 16.5. The number of nitrogens with zero attached hydrogens (tertiary/aromatic N) is 2. The Bertz CT molecular complexity index is 532. The summed E-state index contributed by atoms with van der Waals surface area (Å²) in [5.41, 5.74) is 3.82. The fraction of sp³-hybridized carbons (Fsp3) is 0.385. The van der Waals surface area contributed by atoms with Gasteiger partial charge in [0.2, 0.25) is 0 Å². The van der Waals surface area contributed by atoms with Crippen molar-refractivity contribution in [3.05, 3.63) is 40.5 Å². The van der Waals surface area contributed by atoms with Gasteiger partial charge in [0.1, 0.15) is 23.8 Å². The van der Waals surface area contributed by atoms with Crippen LogP contribution in [-0.2, 0) is 6.61 Å². The van der Waals surface area contributed by atoms with E-state index in [9.17, 15) is 0 Å². The molecular formula is C13H16N2O2. The number of pyridine rings is 1. The molecule has 2 aromatic rings. The molecule has 2 aromatic heterocycles. The molecule has 0 radical (unpaired) electrons. The van der Waals surface area contributed by atoms with E-state index in [0.29, 0.717) is 6.61 Å². The average Bonchev–Trinajstić information content (AvgIpc) is 2.67. The van der Waals surface area contributed by atoms with E-state index < -0.39 is 0 Å². The van der Waals surface area contributed by atoms with E-state index in [0.717, 1.165) is 34.2 Å². The Hall–Kier alpha value is -1.84. The Labute approximate surface area is 101 Å². The molecule has 2 heterocycles. The Balaban J connectivity index is 2.14. The van der Waals surface area contributed by atoms with E-state index in [1.165, 1.54) is 0 Å². The summed E-state index contributed by atoms with van der Waals surface area (Å²) in [6.45, 7) is 8.23. The average molecular weight is 232 g/mol. The van der Waals surface area contributed by atoms with Crippen molar-refractivity contribution >= 4 is 0 Å². The second kappa shape index (κ2) is 4.57. The van der Waals surface area contributed by atoms with Crippen molar-refractivity contribution in [3.8, 4) is 5.75 Å². The maximum atomic E-state index is 5.74. The summed E-state index contributed by atoms with van der Waals surface area (Å²) in [6, 6.07) is 3.81. The van der Waals surface area contributed by atoms with Gasteiger partial charge in [0.15, 0.2) is 0 Å². The quantitative estimate of drug-likeness (QED) is 0.816. The number of hydrogen-bond donors (Lipinski definition) is 0. The first-order chi connectivity index (χ1) is 8.06. The molecule has 0 atom stereocenters. The molecule has 17 heavy (non-hydrogen) atoms. The zero-order chi connectivity index (χ0) is 12.4. The molecule has 2 rings (SSSR count). The largest absolute Gasteiger partial charge is 0.487 e. The van der Waals surface area contributed by atoms with E-state index in [1.807, 2.05) is 39.8 Å². The van der Waals surface area contributed by atoms with Crippen LogP contribution in [0.4, 0.5) is 0 Å². The smallest absolute Gasteiger partial charge is 0.134 e. The lowest BCUT2D eigenvalue weighted by molar-refractivity contribution is 0.285. The van der Waals surface area contributed by atoms with Gasteiger partial charge in [-0.2, -0.15) is 0 Å². The number of rotatable bonds is 3. The summed E-state index contributed by atoms with van der Waals surface area (Å²) in [5, 5.41) is 3.89. The zero-order valence-corrected chi connectivity index (χ0v) is 10.6. The van der Waals surface area contributed by atoms with Crippen molar-refractivity contribution in [2.75, 3.05) is 0 Å². The summed E-state index contributed by atoms with van der Waals surface area (Å²) in [4.78, 5) is 4.38. The Morgan fingerprint density at radius 2 is 1.94 bits per heavy atom. The lowest BCUT2D eigenvalue weighted by atomic mass is 10.2. The van der Waals surface area contributed by atoms with E-state index in [1.54, 1.807) is 0 Å². The van der Waals surface area contributed by atoms with E-state index in [4.69, 9.17) is 9.26 Å². The van der Waals surface area contributed by atoms with Gasteiger partial charge in [0.05, 0.1) is 0 Å². The summed E-state index contributed by atoms with van der Waals surface area (Å²) in [7, 11) is 0. The van der Waals surface area contributed by atoms with E-state index >= 15 is 0 Å². The molecule has 0 spiro atoms. The lowest BCUT2D eigenvalue weighted by Gasteiger charge is -2.10. The number of ether oxygens (including phenoxy) is 1. The molecule has 0 aliphatic rings. The molecule has 0 bridgehead atoms. The normalized spacial score (nSPS) is 10.6. The minimum Gasteiger partial charge on any atom is -0.487 e. The van der Waals surface area contributed by atoms with Crippen LogP contribution in [0.2, 0.25) is 0 Å². The molecule has 4 heteroatoms. The highest BCUT2D eigenvalue weighted by Crippen LogP contribution is 2.21. The van der Waals surface area contributed by atoms with Crippen LogP contribution < -0.4 is 4.74 Å². The van der Waals surface area contributed by atoms with Gasteiger partial charge in [0, 0.05) is 29.1 Å². The van der Waals surface area contributed by atoms with Crippen molar-refractivity contribution in [3.63, 3.8) is 0 Å². The fourth-order valence-electron chi connectivity index (χ4n) is 1.64. The van der Waals surface area contributed by atoms with Gasteiger partial charge in [-0.25, -0.2) is 0 Å². The molecule has 0 aliphatic carbocycles. The molecule has 0 fully saturated rings. The molecule has 0 amide bonds. The first-order valence-corrected chi connectivity index (χ1v) is 5.56. The van der Waals surface area contributed by atoms with Crippen LogP contribution in [0.15, 0.2) is 16.7 Å². The topological polar surface area (TPSA) is 48.2 Å².